The van der Waals surface area contributed by atoms with Crippen molar-refractivity contribution in [1.82, 2.24) is 18.5 Å². The molecule has 0 bridgehead atoms. The van der Waals surface area contributed by atoms with Crippen LogP contribution in [0.25, 0.3) is 0 Å². The maximum absolute atomic E-state index is 12.2. The summed E-state index contributed by atoms with van der Waals surface area (Å²) in [6, 6.07) is 1.92. The first kappa shape index (κ1) is 15.7. The number of aryl methyl sites for hydroxylation is 1. The third-order valence-corrected chi connectivity index (χ3v) is 5.69. The van der Waals surface area contributed by atoms with Crippen molar-refractivity contribution in [3.05, 3.63) is 18.0 Å². The Labute approximate surface area is 127 Å². The lowest BCUT2D eigenvalue weighted by Crippen LogP contribution is -2.23. The number of nitrogens with one attached hydrogen (secondary N) is 1. The summed E-state index contributed by atoms with van der Waals surface area (Å²) in [6.07, 6.45) is 2.54. The number of hydrogen-bond donors (Lipinski definition) is 2. The molecule has 0 aliphatic rings. The fourth-order valence-electron chi connectivity index (χ4n) is 1.74. The van der Waals surface area contributed by atoms with Crippen LogP contribution in [0.4, 0.5) is 10.8 Å². The second-order valence-corrected chi connectivity index (χ2v) is 7.53. The van der Waals surface area contributed by atoms with Gasteiger partial charge in [-0.2, -0.15) is 9.47 Å². The Hall–Kier alpha value is -1.65. The summed E-state index contributed by atoms with van der Waals surface area (Å²) < 4.78 is 31.2. The van der Waals surface area contributed by atoms with Crippen molar-refractivity contribution in [2.75, 3.05) is 31.7 Å². The standard InChI is InChI=1S/C11H18N6O2S2/c1-16(2)21(18,19)9-10(12)15-20-11(9)13-6-4-8-5-7-17(3)14-8/h5,7,13H,4,6H2,1-3H3,(H2,12,15). The van der Waals surface area contributed by atoms with Crippen LogP contribution in [0.3, 0.4) is 0 Å². The van der Waals surface area contributed by atoms with Gasteiger partial charge in [-0.1, -0.05) is 0 Å². The lowest BCUT2D eigenvalue weighted by atomic mass is 10.3. The third kappa shape index (κ3) is 3.34. The number of anilines is 2. The number of nitrogen functional groups attached to an aromatic ring is 1. The molecule has 2 aromatic heterocycles. The van der Waals surface area contributed by atoms with E-state index in [0.717, 1.165) is 21.5 Å². The highest BCUT2D eigenvalue weighted by Crippen LogP contribution is 2.32. The zero-order valence-corrected chi connectivity index (χ0v) is 13.7. The van der Waals surface area contributed by atoms with E-state index in [1.165, 1.54) is 14.1 Å². The highest BCUT2D eigenvalue weighted by molar-refractivity contribution is 7.89. The lowest BCUT2D eigenvalue weighted by Gasteiger charge is -2.12. The lowest BCUT2D eigenvalue weighted by molar-refractivity contribution is 0.521. The van der Waals surface area contributed by atoms with Crippen LogP contribution in [0.2, 0.25) is 0 Å². The SMILES string of the molecule is CN(C)S(=O)(=O)c1c(N)nsc1NCCc1ccn(C)n1. The number of aromatic nitrogens is 3. The van der Waals surface area contributed by atoms with Crippen LogP contribution in [0.1, 0.15) is 5.69 Å². The van der Waals surface area contributed by atoms with Crippen LogP contribution in [0.5, 0.6) is 0 Å². The van der Waals surface area contributed by atoms with Gasteiger partial charge in [-0.15, -0.1) is 0 Å². The molecule has 0 aliphatic carbocycles. The van der Waals surface area contributed by atoms with E-state index in [9.17, 15) is 8.42 Å². The van der Waals surface area contributed by atoms with E-state index in [1.807, 2.05) is 19.3 Å². The quantitative estimate of drug-likeness (QED) is 0.792. The van der Waals surface area contributed by atoms with Gasteiger partial charge in [0.15, 0.2) is 10.7 Å². The van der Waals surface area contributed by atoms with Gasteiger partial charge in [0.05, 0.1) is 5.69 Å². The molecular formula is C11H18N6O2S2. The number of nitrogens with two attached hydrogens (primary N) is 1. The van der Waals surface area contributed by atoms with Crippen molar-refractivity contribution in [3.63, 3.8) is 0 Å². The molecule has 21 heavy (non-hydrogen) atoms. The number of rotatable bonds is 6. The van der Waals surface area contributed by atoms with E-state index in [1.54, 1.807) is 4.68 Å². The number of hydrogen-bond acceptors (Lipinski definition) is 7. The first-order valence-corrected chi connectivity index (χ1v) is 8.44. The van der Waals surface area contributed by atoms with Crippen LogP contribution in [-0.2, 0) is 23.5 Å². The topological polar surface area (TPSA) is 106 Å². The molecule has 0 aromatic carbocycles. The molecule has 8 nitrogen and oxygen atoms in total. The molecule has 0 amide bonds. The minimum absolute atomic E-state index is 0.0223. The van der Waals surface area contributed by atoms with E-state index in [0.29, 0.717) is 18.0 Å². The van der Waals surface area contributed by atoms with Crippen LogP contribution in [-0.4, -0.2) is 47.5 Å². The fraction of sp³-hybridized carbons (Fsp3) is 0.455. The zero-order valence-electron chi connectivity index (χ0n) is 12.1. The van der Waals surface area contributed by atoms with E-state index >= 15 is 0 Å². The Kier molecular flexibility index (Phi) is 4.49. The zero-order chi connectivity index (χ0) is 15.6. The van der Waals surface area contributed by atoms with E-state index < -0.39 is 10.0 Å². The van der Waals surface area contributed by atoms with Crippen molar-refractivity contribution in [3.8, 4) is 0 Å². The second kappa shape index (κ2) is 6.00. The Bertz CT molecular complexity index is 719. The largest absolute Gasteiger partial charge is 0.382 e. The Balaban J connectivity index is 2.11. The molecule has 0 fully saturated rings. The van der Waals surface area contributed by atoms with Gasteiger partial charge in [-0.3, -0.25) is 4.68 Å². The summed E-state index contributed by atoms with van der Waals surface area (Å²) >= 11 is 1.04. The van der Waals surface area contributed by atoms with Gasteiger partial charge in [0, 0.05) is 40.3 Å². The van der Waals surface area contributed by atoms with Gasteiger partial charge in [0.25, 0.3) is 0 Å². The molecule has 2 rings (SSSR count). The van der Waals surface area contributed by atoms with Gasteiger partial charge in [-0.25, -0.2) is 12.7 Å². The van der Waals surface area contributed by atoms with E-state index in [4.69, 9.17) is 5.73 Å². The Morgan fingerprint density at radius 3 is 2.76 bits per heavy atom. The fourth-order valence-corrected chi connectivity index (χ4v) is 3.84. The highest BCUT2D eigenvalue weighted by atomic mass is 32.2. The van der Waals surface area contributed by atoms with Crippen LogP contribution in [0.15, 0.2) is 17.2 Å². The molecule has 0 spiro atoms. The first-order valence-electron chi connectivity index (χ1n) is 6.22. The van der Waals surface area contributed by atoms with Crippen molar-refractivity contribution < 1.29 is 8.42 Å². The van der Waals surface area contributed by atoms with Gasteiger partial charge in [-0.05, 0) is 17.6 Å². The predicted octanol–water partition coefficient (Wildman–Crippen LogP) is 0.364. The number of nitrogens with zero attached hydrogens (tertiary/aromatic N) is 4. The maximum atomic E-state index is 12.2. The summed E-state index contributed by atoms with van der Waals surface area (Å²) in [5, 5.41) is 7.79. The Morgan fingerprint density at radius 1 is 1.48 bits per heavy atom. The van der Waals surface area contributed by atoms with Gasteiger partial charge in [0.1, 0.15) is 5.00 Å². The van der Waals surface area contributed by atoms with Crippen LogP contribution in [0, 0.1) is 0 Å². The van der Waals surface area contributed by atoms with Crippen LogP contribution >= 0.6 is 11.5 Å². The molecule has 0 atom stereocenters. The molecule has 0 unspecified atom stereocenters. The van der Waals surface area contributed by atoms with Crippen molar-refractivity contribution in [2.45, 2.75) is 11.3 Å². The predicted molar refractivity (Wildman–Crippen MR) is 82.8 cm³/mol. The van der Waals surface area contributed by atoms with Crippen LogP contribution < -0.4 is 11.1 Å². The summed E-state index contributed by atoms with van der Waals surface area (Å²) in [6.45, 7) is 0.550. The molecule has 10 heteroatoms. The summed E-state index contributed by atoms with van der Waals surface area (Å²) in [5.41, 5.74) is 6.62. The van der Waals surface area contributed by atoms with Crippen molar-refractivity contribution in [1.29, 1.82) is 0 Å². The summed E-state index contributed by atoms with van der Waals surface area (Å²) in [4.78, 5) is 0.0403. The average Bonchev–Trinajstić information content (AvgIpc) is 2.96. The molecule has 2 heterocycles. The Morgan fingerprint density at radius 2 is 2.19 bits per heavy atom. The van der Waals surface area contributed by atoms with Gasteiger partial charge in [0.2, 0.25) is 10.0 Å². The van der Waals surface area contributed by atoms with Gasteiger partial charge >= 0.3 is 0 Å². The minimum Gasteiger partial charge on any atom is -0.382 e. The molecule has 3 N–H and O–H groups in total. The molecule has 116 valence electrons. The normalized spacial score (nSPS) is 12.0. The van der Waals surface area contributed by atoms with Crippen molar-refractivity contribution in [2.24, 2.45) is 7.05 Å². The van der Waals surface area contributed by atoms with Crippen molar-refractivity contribution >= 4 is 32.4 Å². The smallest absolute Gasteiger partial charge is 0.249 e. The van der Waals surface area contributed by atoms with E-state index in [2.05, 4.69) is 14.8 Å². The highest BCUT2D eigenvalue weighted by Gasteiger charge is 2.27. The average molecular weight is 330 g/mol. The third-order valence-electron chi connectivity index (χ3n) is 2.85. The molecule has 0 saturated carbocycles. The number of sulfonamides is 1. The molecule has 0 saturated heterocycles. The minimum atomic E-state index is -3.61. The summed E-state index contributed by atoms with van der Waals surface area (Å²) in [5.74, 6) is 0.0223. The van der Waals surface area contributed by atoms with Gasteiger partial charge < -0.3 is 11.1 Å². The maximum Gasteiger partial charge on any atom is 0.249 e. The van der Waals surface area contributed by atoms with E-state index in [-0.39, 0.29) is 10.7 Å². The monoisotopic (exact) mass is 330 g/mol. The molecule has 0 radical (unpaired) electrons. The first-order chi connectivity index (χ1) is 9.82. The second-order valence-electron chi connectivity index (χ2n) is 4.67. The molecule has 2 aromatic rings. The summed E-state index contributed by atoms with van der Waals surface area (Å²) in [7, 11) is 1.16. The molecule has 0 aliphatic heterocycles. The molecular weight excluding hydrogens is 312 g/mol.